The molecular formula is C15H18N4O2. The topological polar surface area (TPSA) is 69.0 Å². The van der Waals surface area contributed by atoms with Gasteiger partial charge in [-0.15, -0.1) is 0 Å². The average Bonchev–Trinajstić information content (AvgIpc) is 3.19. The second-order valence-electron chi connectivity index (χ2n) is 5.23. The summed E-state index contributed by atoms with van der Waals surface area (Å²) in [7, 11) is 0. The minimum absolute atomic E-state index is 0.0331. The van der Waals surface area contributed by atoms with Gasteiger partial charge in [0.25, 0.3) is 5.91 Å². The number of hydrogen-bond acceptors (Lipinski definition) is 4. The van der Waals surface area contributed by atoms with E-state index >= 15 is 0 Å². The second kappa shape index (κ2) is 6.49. The van der Waals surface area contributed by atoms with Crippen LogP contribution >= 0.6 is 0 Å². The van der Waals surface area contributed by atoms with Gasteiger partial charge in [0.2, 0.25) is 0 Å². The highest BCUT2D eigenvalue weighted by Gasteiger charge is 2.16. The molecule has 1 amide bonds. The second-order valence-corrected chi connectivity index (χ2v) is 5.23. The Labute approximate surface area is 123 Å². The normalized spacial score (nSPS) is 17.8. The van der Waals surface area contributed by atoms with Gasteiger partial charge in [-0.3, -0.25) is 4.79 Å². The molecule has 2 heterocycles. The quantitative estimate of drug-likeness (QED) is 0.893. The molecule has 1 aliphatic heterocycles. The van der Waals surface area contributed by atoms with Crippen LogP contribution in [0.3, 0.4) is 0 Å². The van der Waals surface area contributed by atoms with Crippen molar-refractivity contribution < 1.29 is 9.53 Å². The molecule has 110 valence electrons. The van der Waals surface area contributed by atoms with Crippen molar-refractivity contribution in [1.29, 1.82) is 0 Å². The first-order chi connectivity index (χ1) is 10.3. The van der Waals surface area contributed by atoms with Crippen molar-refractivity contribution in [2.24, 2.45) is 5.92 Å². The van der Waals surface area contributed by atoms with Crippen molar-refractivity contribution in [3.63, 3.8) is 0 Å². The SMILES string of the molecule is O=C(NC[C@H]1CCOC1)c1ccc(Cn2cncn2)cc1. The summed E-state index contributed by atoms with van der Waals surface area (Å²) in [5, 5.41) is 7.02. The van der Waals surface area contributed by atoms with Crippen molar-refractivity contribution in [2.45, 2.75) is 13.0 Å². The summed E-state index contributed by atoms with van der Waals surface area (Å²) in [5.41, 5.74) is 1.76. The van der Waals surface area contributed by atoms with Crippen LogP contribution in [0, 0.1) is 5.92 Å². The third-order valence-electron chi connectivity index (χ3n) is 3.60. The number of nitrogens with zero attached hydrogens (tertiary/aromatic N) is 3. The van der Waals surface area contributed by atoms with Gasteiger partial charge in [0.05, 0.1) is 13.2 Å². The fourth-order valence-corrected chi connectivity index (χ4v) is 2.35. The van der Waals surface area contributed by atoms with E-state index in [0.717, 1.165) is 25.2 Å². The highest BCUT2D eigenvalue weighted by molar-refractivity contribution is 5.94. The van der Waals surface area contributed by atoms with Crippen molar-refractivity contribution in [3.8, 4) is 0 Å². The number of nitrogens with one attached hydrogen (secondary N) is 1. The molecule has 0 bridgehead atoms. The number of carbonyl (C=O) groups is 1. The zero-order chi connectivity index (χ0) is 14.5. The molecule has 2 aromatic rings. The fourth-order valence-electron chi connectivity index (χ4n) is 2.35. The van der Waals surface area contributed by atoms with Crippen LogP contribution in [-0.4, -0.2) is 40.4 Å². The van der Waals surface area contributed by atoms with Crippen LogP contribution in [0.1, 0.15) is 22.3 Å². The zero-order valence-electron chi connectivity index (χ0n) is 11.7. The number of ether oxygens (including phenoxy) is 1. The molecule has 1 aromatic carbocycles. The Kier molecular flexibility index (Phi) is 4.25. The van der Waals surface area contributed by atoms with Crippen molar-refractivity contribution in [2.75, 3.05) is 19.8 Å². The van der Waals surface area contributed by atoms with Crippen LogP contribution in [0.2, 0.25) is 0 Å². The number of benzene rings is 1. The van der Waals surface area contributed by atoms with E-state index in [1.54, 1.807) is 11.0 Å². The van der Waals surface area contributed by atoms with E-state index in [-0.39, 0.29) is 5.91 Å². The van der Waals surface area contributed by atoms with Gasteiger partial charge in [-0.2, -0.15) is 5.10 Å². The smallest absolute Gasteiger partial charge is 0.251 e. The monoisotopic (exact) mass is 286 g/mol. The molecule has 1 aromatic heterocycles. The van der Waals surface area contributed by atoms with E-state index in [1.165, 1.54) is 6.33 Å². The standard InChI is InChI=1S/C15H18N4O2/c20-15(17-7-13-5-6-21-9-13)14-3-1-12(2-4-14)8-19-11-16-10-18-19/h1-4,10-11,13H,5-9H2,(H,17,20)/t13-/m1/s1. The molecule has 0 radical (unpaired) electrons. The highest BCUT2D eigenvalue weighted by Crippen LogP contribution is 2.11. The molecular weight excluding hydrogens is 268 g/mol. The Morgan fingerprint density at radius 2 is 2.24 bits per heavy atom. The highest BCUT2D eigenvalue weighted by atomic mass is 16.5. The molecule has 1 atom stereocenters. The third-order valence-corrected chi connectivity index (χ3v) is 3.60. The molecule has 0 spiro atoms. The first-order valence-corrected chi connectivity index (χ1v) is 7.08. The molecule has 6 heteroatoms. The number of aromatic nitrogens is 3. The first kappa shape index (κ1) is 13.8. The van der Waals surface area contributed by atoms with E-state index in [9.17, 15) is 4.79 Å². The van der Waals surface area contributed by atoms with Gasteiger partial charge in [-0.25, -0.2) is 9.67 Å². The molecule has 21 heavy (non-hydrogen) atoms. The predicted molar refractivity (Wildman–Crippen MR) is 76.8 cm³/mol. The van der Waals surface area contributed by atoms with Crippen LogP contribution in [0.15, 0.2) is 36.9 Å². The van der Waals surface area contributed by atoms with Crippen LogP contribution in [0.5, 0.6) is 0 Å². The van der Waals surface area contributed by atoms with Gasteiger partial charge < -0.3 is 10.1 Å². The first-order valence-electron chi connectivity index (χ1n) is 7.08. The minimum Gasteiger partial charge on any atom is -0.381 e. The molecule has 0 aliphatic carbocycles. The molecule has 1 N–H and O–H groups in total. The maximum atomic E-state index is 12.1. The Hall–Kier alpha value is -2.21. The van der Waals surface area contributed by atoms with E-state index in [4.69, 9.17) is 4.74 Å². The lowest BCUT2D eigenvalue weighted by molar-refractivity contribution is 0.0945. The third kappa shape index (κ3) is 3.66. The summed E-state index contributed by atoms with van der Waals surface area (Å²) in [6, 6.07) is 7.56. The van der Waals surface area contributed by atoms with E-state index in [1.807, 2.05) is 24.3 Å². The van der Waals surface area contributed by atoms with Crippen LogP contribution in [0.25, 0.3) is 0 Å². The van der Waals surface area contributed by atoms with Crippen molar-refractivity contribution in [1.82, 2.24) is 20.1 Å². The number of carbonyl (C=O) groups excluding carboxylic acids is 1. The Morgan fingerprint density at radius 1 is 1.38 bits per heavy atom. The van der Waals surface area contributed by atoms with Gasteiger partial charge >= 0.3 is 0 Å². The molecule has 1 saturated heterocycles. The van der Waals surface area contributed by atoms with E-state index < -0.39 is 0 Å². The molecule has 1 fully saturated rings. The maximum absolute atomic E-state index is 12.1. The molecule has 1 aliphatic rings. The van der Waals surface area contributed by atoms with E-state index in [2.05, 4.69) is 15.4 Å². The maximum Gasteiger partial charge on any atom is 0.251 e. The Balaban J connectivity index is 1.54. The van der Waals surface area contributed by atoms with Crippen LogP contribution < -0.4 is 5.32 Å². The van der Waals surface area contributed by atoms with Crippen molar-refractivity contribution in [3.05, 3.63) is 48.0 Å². The molecule has 3 rings (SSSR count). The van der Waals surface area contributed by atoms with Gasteiger partial charge in [0, 0.05) is 24.6 Å². The summed E-state index contributed by atoms with van der Waals surface area (Å²) in [4.78, 5) is 16.0. The largest absolute Gasteiger partial charge is 0.381 e. The lowest BCUT2D eigenvalue weighted by atomic mass is 10.1. The van der Waals surface area contributed by atoms with Crippen molar-refractivity contribution >= 4 is 5.91 Å². The number of hydrogen-bond donors (Lipinski definition) is 1. The van der Waals surface area contributed by atoms with Gasteiger partial charge in [-0.1, -0.05) is 12.1 Å². The van der Waals surface area contributed by atoms with Crippen LogP contribution in [0.4, 0.5) is 0 Å². The summed E-state index contributed by atoms with van der Waals surface area (Å²) in [6.07, 6.45) is 4.20. The number of rotatable bonds is 5. The summed E-state index contributed by atoms with van der Waals surface area (Å²) in [6.45, 7) is 2.88. The summed E-state index contributed by atoms with van der Waals surface area (Å²) >= 11 is 0. The Morgan fingerprint density at radius 3 is 2.90 bits per heavy atom. The van der Waals surface area contributed by atoms with E-state index in [0.29, 0.717) is 24.6 Å². The van der Waals surface area contributed by atoms with Gasteiger partial charge in [0.1, 0.15) is 12.7 Å². The average molecular weight is 286 g/mol. The fraction of sp³-hybridized carbons (Fsp3) is 0.400. The van der Waals surface area contributed by atoms with Gasteiger partial charge in [0.15, 0.2) is 0 Å². The molecule has 0 saturated carbocycles. The molecule has 0 unspecified atom stereocenters. The zero-order valence-corrected chi connectivity index (χ0v) is 11.7. The number of amides is 1. The summed E-state index contributed by atoms with van der Waals surface area (Å²) < 4.78 is 7.04. The van der Waals surface area contributed by atoms with Crippen LogP contribution in [-0.2, 0) is 11.3 Å². The Bertz CT molecular complexity index is 574. The predicted octanol–water partition coefficient (Wildman–Crippen LogP) is 1.09. The summed E-state index contributed by atoms with van der Waals surface area (Å²) in [5.74, 6) is 0.412. The lowest BCUT2D eigenvalue weighted by Crippen LogP contribution is -2.29. The minimum atomic E-state index is -0.0331. The van der Waals surface area contributed by atoms with Gasteiger partial charge in [-0.05, 0) is 24.1 Å². The lowest BCUT2D eigenvalue weighted by Gasteiger charge is -2.10. The molecule has 6 nitrogen and oxygen atoms in total.